The molecule has 2 aliphatic rings. The van der Waals surface area contributed by atoms with Crippen molar-refractivity contribution in [2.45, 2.75) is 32.2 Å². The molecule has 0 saturated carbocycles. The van der Waals surface area contributed by atoms with Gasteiger partial charge in [0.25, 0.3) is 0 Å². The number of nitrogens with zero attached hydrogens (tertiary/aromatic N) is 1. The molecule has 2 fully saturated rings. The monoisotopic (exact) mass is 198 g/mol. The van der Waals surface area contributed by atoms with Gasteiger partial charge in [-0.05, 0) is 32.7 Å². The Hall–Kier alpha value is -0.120. The highest BCUT2D eigenvalue weighted by atomic mass is 16.5. The average Bonchev–Trinajstić information content (AvgIpc) is 2.12. The molecule has 1 unspecified atom stereocenters. The van der Waals surface area contributed by atoms with Crippen LogP contribution in [0.2, 0.25) is 0 Å². The van der Waals surface area contributed by atoms with Gasteiger partial charge >= 0.3 is 0 Å². The highest BCUT2D eigenvalue weighted by molar-refractivity contribution is 4.96. The summed E-state index contributed by atoms with van der Waals surface area (Å²) in [6.07, 6.45) is 3.66. The molecule has 14 heavy (non-hydrogen) atoms. The van der Waals surface area contributed by atoms with E-state index in [1.165, 1.54) is 32.5 Å². The van der Waals surface area contributed by atoms with Gasteiger partial charge in [0.2, 0.25) is 0 Å². The van der Waals surface area contributed by atoms with Crippen molar-refractivity contribution >= 4 is 0 Å². The van der Waals surface area contributed by atoms with Gasteiger partial charge in [0.1, 0.15) is 0 Å². The van der Waals surface area contributed by atoms with Crippen LogP contribution in [0.5, 0.6) is 0 Å². The summed E-state index contributed by atoms with van der Waals surface area (Å²) in [6, 6.07) is 0.348. The number of likely N-dealkylation sites (tertiary alicyclic amines) is 1. The predicted molar refractivity (Wildman–Crippen MR) is 57.2 cm³/mol. The Morgan fingerprint density at radius 2 is 2.00 bits per heavy atom. The van der Waals surface area contributed by atoms with E-state index in [1.54, 1.807) is 0 Å². The van der Waals surface area contributed by atoms with Crippen LogP contribution >= 0.6 is 0 Å². The fraction of sp³-hybridized carbons (Fsp3) is 1.00. The molecule has 0 aromatic carbocycles. The van der Waals surface area contributed by atoms with Crippen molar-refractivity contribution in [1.29, 1.82) is 0 Å². The summed E-state index contributed by atoms with van der Waals surface area (Å²) < 4.78 is 5.40. The summed E-state index contributed by atoms with van der Waals surface area (Å²) in [5.41, 5.74) is 6.36. The second kappa shape index (κ2) is 4.17. The molecule has 2 saturated heterocycles. The molecule has 2 N–H and O–H groups in total. The van der Waals surface area contributed by atoms with Gasteiger partial charge in [0, 0.05) is 37.8 Å². The first-order valence-corrected chi connectivity index (χ1v) is 5.76. The summed E-state index contributed by atoms with van der Waals surface area (Å²) in [5.74, 6) is 0. The van der Waals surface area contributed by atoms with E-state index in [9.17, 15) is 0 Å². The van der Waals surface area contributed by atoms with Crippen molar-refractivity contribution in [3.05, 3.63) is 0 Å². The van der Waals surface area contributed by atoms with Gasteiger partial charge in [0.15, 0.2) is 0 Å². The minimum absolute atomic E-state index is 0.348. The van der Waals surface area contributed by atoms with E-state index in [0.29, 0.717) is 11.5 Å². The van der Waals surface area contributed by atoms with E-state index >= 15 is 0 Å². The molecule has 2 rings (SSSR count). The van der Waals surface area contributed by atoms with Crippen LogP contribution in [-0.2, 0) is 4.74 Å². The van der Waals surface area contributed by atoms with Crippen LogP contribution in [0.1, 0.15) is 26.2 Å². The highest BCUT2D eigenvalue weighted by Gasteiger charge is 2.43. The zero-order chi connectivity index (χ0) is 10.0. The summed E-state index contributed by atoms with van der Waals surface area (Å²) >= 11 is 0. The quantitative estimate of drug-likeness (QED) is 0.730. The molecule has 2 aliphatic heterocycles. The van der Waals surface area contributed by atoms with Gasteiger partial charge in [-0.25, -0.2) is 0 Å². The lowest BCUT2D eigenvalue weighted by atomic mass is 9.73. The Balaban J connectivity index is 1.67. The maximum atomic E-state index is 5.74. The fourth-order valence-corrected chi connectivity index (χ4v) is 2.57. The fourth-order valence-electron chi connectivity index (χ4n) is 2.57. The van der Waals surface area contributed by atoms with E-state index in [2.05, 4.69) is 11.8 Å². The maximum absolute atomic E-state index is 5.74. The lowest BCUT2D eigenvalue weighted by Gasteiger charge is -2.52. The smallest absolute Gasteiger partial charge is 0.0472 e. The van der Waals surface area contributed by atoms with Gasteiger partial charge in [-0.2, -0.15) is 0 Å². The average molecular weight is 198 g/mol. The number of nitrogens with two attached hydrogens (primary N) is 1. The Kier molecular flexibility index (Phi) is 3.10. The van der Waals surface area contributed by atoms with Crippen LogP contribution in [0.4, 0.5) is 0 Å². The third-order valence-corrected chi connectivity index (χ3v) is 3.57. The van der Waals surface area contributed by atoms with Gasteiger partial charge in [-0.15, -0.1) is 0 Å². The van der Waals surface area contributed by atoms with Crippen molar-refractivity contribution in [3.63, 3.8) is 0 Å². The van der Waals surface area contributed by atoms with E-state index in [0.717, 1.165) is 19.6 Å². The highest BCUT2D eigenvalue weighted by Crippen LogP contribution is 2.39. The van der Waals surface area contributed by atoms with Crippen molar-refractivity contribution in [2.75, 3.05) is 32.8 Å². The second-order valence-corrected chi connectivity index (χ2v) is 5.09. The minimum atomic E-state index is 0.348. The molecule has 82 valence electrons. The molecule has 0 aliphatic carbocycles. The van der Waals surface area contributed by atoms with Crippen molar-refractivity contribution in [1.82, 2.24) is 4.90 Å². The van der Waals surface area contributed by atoms with E-state index in [-0.39, 0.29) is 0 Å². The number of hydrogen-bond acceptors (Lipinski definition) is 3. The zero-order valence-corrected chi connectivity index (χ0v) is 9.17. The van der Waals surface area contributed by atoms with Crippen LogP contribution in [0, 0.1) is 5.41 Å². The van der Waals surface area contributed by atoms with Gasteiger partial charge in [-0.1, -0.05) is 0 Å². The van der Waals surface area contributed by atoms with Gasteiger partial charge in [-0.3, -0.25) is 0 Å². The molecule has 0 amide bonds. The third-order valence-electron chi connectivity index (χ3n) is 3.57. The Labute approximate surface area is 86.6 Å². The second-order valence-electron chi connectivity index (χ2n) is 5.09. The molecule has 3 heteroatoms. The van der Waals surface area contributed by atoms with Crippen molar-refractivity contribution < 1.29 is 4.74 Å². The normalized spacial score (nSPS) is 28.7. The SMILES string of the molecule is CC(N)CCN1CC2(CCOCC2)C1. The van der Waals surface area contributed by atoms with Crippen molar-refractivity contribution in [2.24, 2.45) is 11.1 Å². The van der Waals surface area contributed by atoms with E-state index in [1.807, 2.05) is 0 Å². The Morgan fingerprint density at radius 1 is 1.36 bits per heavy atom. The molecule has 3 nitrogen and oxygen atoms in total. The Morgan fingerprint density at radius 3 is 2.57 bits per heavy atom. The van der Waals surface area contributed by atoms with Crippen LogP contribution < -0.4 is 5.73 Å². The topological polar surface area (TPSA) is 38.5 Å². The summed E-state index contributed by atoms with van der Waals surface area (Å²) in [4.78, 5) is 2.54. The lowest BCUT2D eigenvalue weighted by Crippen LogP contribution is -2.58. The molecule has 0 aromatic heterocycles. The number of ether oxygens (including phenoxy) is 1. The van der Waals surface area contributed by atoms with E-state index in [4.69, 9.17) is 10.5 Å². The molecular formula is C11H22N2O. The third kappa shape index (κ3) is 2.27. The minimum Gasteiger partial charge on any atom is -0.381 e. The maximum Gasteiger partial charge on any atom is 0.0472 e. The molecule has 1 atom stereocenters. The van der Waals surface area contributed by atoms with Crippen LogP contribution in [0.15, 0.2) is 0 Å². The summed E-state index contributed by atoms with van der Waals surface area (Å²) in [5, 5.41) is 0. The van der Waals surface area contributed by atoms with Crippen LogP contribution in [-0.4, -0.2) is 43.8 Å². The Bertz CT molecular complexity index is 180. The molecule has 1 spiro atoms. The lowest BCUT2D eigenvalue weighted by molar-refractivity contribution is -0.0808. The number of rotatable bonds is 3. The summed E-state index contributed by atoms with van der Waals surface area (Å²) in [6.45, 7) is 7.78. The first kappa shape index (κ1) is 10.4. The number of hydrogen-bond donors (Lipinski definition) is 1. The zero-order valence-electron chi connectivity index (χ0n) is 9.17. The summed E-state index contributed by atoms with van der Waals surface area (Å²) in [7, 11) is 0. The molecule has 0 radical (unpaired) electrons. The largest absolute Gasteiger partial charge is 0.381 e. The standard InChI is InChI=1S/C11H22N2O/c1-10(12)2-5-13-8-11(9-13)3-6-14-7-4-11/h10H,2-9,12H2,1H3. The molecule has 2 heterocycles. The first-order chi connectivity index (χ1) is 6.70. The molecule has 0 aromatic rings. The van der Waals surface area contributed by atoms with Crippen LogP contribution in [0.25, 0.3) is 0 Å². The van der Waals surface area contributed by atoms with Crippen molar-refractivity contribution in [3.8, 4) is 0 Å². The van der Waals surface area contributed by atoms with Crippen LogP contribution in [0.3, 0.4) is 0 Å². The molecule has 0 bridgehead atoms. The van der Waals surface area contributed by atoms with Gasteiger partial charge in [0.05, 0.1) is 0 Å². The molecular weight excluding hydrogens is 176 g/mol. The predicted octanol–water partition coefficient (Wildman–Crippen LogP) is 0.836. The van der Waals surface area contributed by atoms with E-state index < -0.39 is 0 Å². The van der Waals surface area contributed by atoms with Gasteiger partial charge < -0.3 is 15.4 Å². The first-order valence-electron chi connectivity index (χ1n) is 5.76.